The van der Waals surface area contributed by atoms with Crippen molar-refractivity contribution in [1.29, 1.82) is 0 Å². The van der Waals surface area contributed by atoms with Gasteiger partial charge < -0.3 is 15.2 Å². The molecule has 0 spiro atoms. The predicted octanol–water partition coefficient (Wildman–Crippen LogP) is 3.38. The first-order valence-corrected chi connectivity index (χ1v) is 8.25. The van der Waals surface area contributed by atoms with Crippen LogP contribution in [0.2, 0.25) is 0 Å². The van der Waals surface area contributed by atoms with Crippen LogP contribution < -0.4 is 10.6 Å². The molecule has 0 saturated carbocycles. The molecule has 1 aromatic heterocycles. The van der Waals surface area contributed by atoms with Crippen LogP contribution >= 0.6 is 0 Å². The van der Waals surface area contributed by atoms with Crippen molar-refractivity contribution in [1.82, 2.24) is 15.8 Å². The van der Waals surface area contributed by atoms with Gasteiger partial charge in [-0.25, -0.2) is 0 Å². The molecule has 22 heavy (non-hydrogen) atoms. The Kier molecular flexibility index (Phi) is 7.42. The van der Waals surface area contributed by atoms with E-state index in [1.165, 1.54) is 12.0 Å². The number of aliphatic imine (C=N–C) groups is 1. The van der Waals surface area contributed by atoms with Crippen molar-refractivity contribution in [2.75, 3.05) is 13.6 Å². The molecule has 1 rings (SSSR count). The van der Waals surface area contributed by atoms with E-state index in [1.807, 2.05) is 20.9 Å². The number of hydrogen-bond acceptors (Lipinski definition) is 3. The van der Waals surface area contributed by atoms with E-state index in [9.17, 15) is 0 Å². The van der Waals surface area contributed by atoms with Gasteiger partial charge in [0.1, 0.15) is 5.76 Å². The Labute approximate surface area is 135 Å². The van der Waals surface area contributed by atoms with Gasteiger partial charge >= 0.3 is 0 Å². The maximum Gasteiger partial charge on any atom is 0.191 e. The Bertz CT molecular complexity index is 460. The highest BCUT2D eigenvalue weighted by molar-refractivity contribution is 5.79. The maximum atomic E-state index is 5.24. The highest BCUT2D eigenvalue weighted by Crippen LogP contribution is 2.22. The average Bonchev–Trinajstić information content (AvgIpc) is 2.80. The number of aryl methyl sites for hydroxylation is 2. The molecule has 0 radical (unpaired) electrons. The lowest BCUT2D eigenvalue weighted by Gasteiger charge is -2.20. The summed E-state index contributed by atoms with van der Waals surface area (Å²) in [5.41, 5.74) is 2.16. The van der Waals surface area contributed by atoms with Crippen LogP contribution in [0.25, 0.3) is 0 Å². The number of hydrogen-bond donors (Lipinski definition) is 2. The monoisotopic (exact) mass is 308 g/mol. The van der Waals surface area contributed by atoms with E-state index in [1.54, 1.807) is 0 Å². The van der Waals surface area contributed by atoms with E-state index >= 15 is 0 Å². The molecule has 0 aromatic carbocycles. The number of nitrogens with zero attached hydrogens (tertiary/aromatic N) is 2. The second kappa shape index (κ2) is 8.81. The standard InChI is InChI=1S/C17H32N4O/c1-11(2)8-9-13(4)20-17(18-7)19-10-12(3)16-14(5)21-22-15(16)6/h11-13H,8-10H2,1-7H3,(H2,18,19,20). The van der Waals surface area contributed by atoms with Gasteiger partial charge in [-0.05, 0) is 39.5 Å². The lowest BCUT2D eigenvalue weighted by Crippen LogP contribution is -2.43. The third-order valence-corrected chi connectivity index (χ3v) is 3.94. The van der Waals surface area contributed by atoms with Crippen molar-refractivity contribution < 1.29 is 4.52 Å². The van der Waals surface area contributed by atoms with Gasteiger partial charge in [0.2, 0.25) is 0 Å². The summed E-state index contributed by atoms with van der Waals surface area (Å²) >= 11 is 0. The van der Waals surface area contributed by atoms with Crippen LogP contribution in [0.3, 0.4) is 0 Å². The van der Waals surface area contributed by atoms with E-state index in [0.717, 1.165) is 36.3 Å². The normalized spacial score (nSPS) is 15.0. The fourth-order valence-electron chi connectivity index (χ4n) is 2.63. The molecular formula is C17H32N4O. The summed E-state index contributed by atoms with van der Waals surface area (Å²) in [6.45, 7) is 13.6. The average molecular weight is 308 g/mol. The van der Waals surface area contributed by atoms with Crippen molar-refractivity contribution in [2.24, 2.45) is 10.9 Å². The summed E-state index contributed by atoms with van der Waals surface area (Å²) < 4.78 is 5.24. The first-order valence-electron chi connectivity index (χ1n) is 8.25. The molecule has 2 N–H and O–H groups in total. The first-order chi connectivity index (χ1) is 10.3. The third-order valence-electron chi connectivity index (χ3n) is 3.94. The van der Waals surface area contributed by atoms with Crippen LogP contribution in [0.5, 0.6) is 0 Å². The summed E-state index contributed by atoms with van der Waals surface area (Å²) in [5.74, 6) is 2.82. The van der Waals surface area contributed by atoms with Crippen LogP contribution in [-0.2, 0) is 0 Å². The van der Waals surface area contributed by atoms with Gasteiger partial charge in [-0.3, -0.25) is 4.99 Å². The Balaban J connectivity index is 2.47. The summed E-state index contributed by atoms with van der Waals surface area (Å²) in [6, 6.07) is 0.419. The molecule has 0 aliphatic heterocycles. The molecule has 2 unspecified atom stereocenters. The Morgan fingerprint density at radius 2 is 1.86 bits per heavy atom. The van der Waals surface area contributed by atoms with Gasteiger partial charge in [-0.15, -0.1) is 0 Å². The van der Waals surface area contributed by atoms with E-state index in [4.69, 9.17) is 4.52 Å². The van der Waals surface area contributed by atoms with Crippen molar-refractivity contribution >= 4 is 5.96 Å². The van der Waals surface area contributed by atoms with Gasteiger partial charge in [0.25, 0.3) is 0 Å². The molecule has 1 aromatic rings. The number of aromatic nitrogens is 1. The second-order valence-corrected chi connectivity index (χ2v) is 6.61. The van der Waals surface area contributed by atoms with E-state index in [-0.39, 0.29) is 0 Å². The summed E-state index contributed by atoms with van der Waals surface area (Å²) in [4.78, 5) is 4.31. The van der Waals surface area contributed by atoms with Gasteiger partial charge in [-0.1, -0.05) is 25.9 Å². The molecule has 0 saturated heterocycles. The third kappa shape index (κ3) is 5.70. The Morgan fingerprint density at radius 1 is 1.18 bits per heavy atom. The van der Waals surface area contributed by atoms with Crippen LogP contribution in [0, 0.1) is 19.8 Å². The fourth-order valence-corrected chi connectivity index (χ4v) is 2.63. The lowest BCUT2D eigenvalue weighted by molar-refractivity contribution is 0.391. The van der Waals surface area contributed by atoms with Crippen LogP contribution in [0.1, 0.15) is 63.5 Å². The number of nitrogens with one attached hydrogen (secondary N) is 2. The Hall–Kier alpha value is -1.52. The van der Waals surface area contributed by atoms with Crippen LogP contribution in [-0.4, -0.2) is 30.8 Å². The van der Waals surface area contributed by atoms with Gasteiger partial charge in [-0.2, -0.15) is 0 Å². The van der Waals surface area contributed by atoms with Crippen LogP contribution in [0.15, 0.2) is 9.52 Å². The highest BCUT2D eigenvalue weighted by atomic mass is 16.5. The smallest absolute Gasteiger partial charge is 0.191 e. The SMILES string of the molecule is CN=C(NCC(C)c1c(C)noc1C)NC(C)CCC(C)C. The van der Waals surface area contributed by atoms with Crippen molar-refractivity contribution in [3.63, 3.8) is 0 Å². The minimum Gasteiger partial charge on any atom is -0.361 e. The van der Waals surface area contributed by atoms with Crippen molar-refractivity contribution in [3.05, 3.63) is 17.0 Å². The molecule has 126 valence electrons. The van der Waals surface area contributed by atoms with Crippen molar-refractivity contribution in [2.45, 2.75) is 66.3 Å². The zero-order chi connectivity index (χ0) is 16.7. The highest BCUT2D eigenvalue weighted by Gasteiger charge is 2.17. The fraction of sp³-hybridized carbons (Fsp3) is 0.765. The summed E-state index contributed by atoms with van der Waals surface area (Å²) in [6.07, 6.45) is 2.37. The van der Waals surface area contributed by atoms with Crippen LogP contribution in [0.4, 0.5) is 0 Å². The molecule has 0 aliphatic carbocycles. The summed E-state index contributed by atoms with van der Waals surface area (Å²) in [7, 11) is 1.81. The van der Waals surface area contributed by atoms with Crippen molar-refractivity contribution in [3.8, 4) is 0 Å². The van der Waals surface area contributed by atoms with Gasteiger partial charge in [0, 0.05) is 31.1 Å². The number of guanidine groups is 1. The molecule has 0 fully saturated rings. The first kappa shape index (κ1) is 18.5. The molecule has 0 amide bonds. The molecule has 0 aliphatic rings. The topological polar surface area (TPSA) is 62.5 Å². The lowest BCUT2D eigenvalue weighted by atomic mass is 10.00. The zero-order valence-corrected chi connectivity index (χ0v) is 15.2. The second-order valence-electron chi connectivity index (χ2n) is 6.61. The minimum atomic E-state index is 0.329. The van der Waals surface area contributed by atoms with E-state index < -0.39 is 0 Å². The van der Waals surface area contributed by atoms with E-state index in [2.05, 4.69) is 48.5 Å². The predicted molar refractivity (Wildman–Crippen MR) is 92.4 cm³/mol. The maximum absolute atomic E-state index is 5.24. The Morgan fingerprint density at radius 3 is 2.36 bits per heavy atom. The number of rotatable bonds is 7. The molecule has 5 heteroatoms. The van der Waals surface area contributed by atoms with Gasteiger partial charge in [0.15, 0.2) is 5.96 Å². The quantitative estimate of drug-likeness (QED) is 0.599. The molecular weight excluding hydrogens is 276 g/mol. The largest absolute Gasteiger partial charge is 0.361 e. The molecule has 1 heterocycles. The zero-order valence-electron chi connectivity index (χ0n) is 15.2. The molecule has 0 bridgehead atoms. The molecule has 2 atom stereocenters. The van der Waals surface area contributed by atoms with Gasteiger partial charge in [0.05, 0.1) is 5.69 Å². The molecule has 5 nitrogen and oxygen atoms in total. The summed E-state index contributed by atoms with van der Waals surface area (Å²) in [5, 5.41) is 10.9. The minimum absolute atomic E-state index is 0.329. The van der Waals surface area contributed by atoms with E-state index in [0.29, 0.717) is 12.0 Å².